The van der Waals surface area contributed by atoms with Crippen molar-refractivity contribution in [3.8, 4) is 0 Å². The van der Waals surface area contributed by atoms with Gasteiger partial charge in [-0.15, -0.1) is 0 Å². The lowest BCUT2D eigenvalue weighted by atomic mass is 10.1. The molecule has 1 rings (SSSR count). The van der Waals surface area contributed by atoms with Crippen LogP contribution in [-0.2, 0) is 11.2 Å². The summed E-state index contributed by atoms with van der Waals surface area (Å²) in [4.78, 5) is 13.5. The molecule has 3 nitrogen and oxygen atoms in total. The third-order valence-corrected chi connectivity index (χ3v) is 2.88. The molecule has 0 heterocycles. The van der Waals surface area contributed by atoms with Gasteiger partial charge in [-0.05, 0) is 12.5 Å². The summed E-state index contributed by atoms with van der Waals surface area (Å²) < 4.78 is 26.5. The topological polar surface area (TPSA) is 40.5 Å². The van der Waals surface area contributed by atoms with Gasteiger partial charge in [0.15, 0.2) is 11.6 Å². The highest BCUT2D eigenvalue weighted by molar-refractivity contribution is 5.78. The highest BCUT2D eigenvalue weighted by Gasteiger charge is 2.16. The van der Waals surface area contributed by atoms with E-state index >= 15 is 0 Å². The Kier molecular flexibility index (Phi) is 6.42. The molecule has 0 spiro atoms. The third kappa shape index (κ3) is 4.59. The fraction of sp³-hybridized carbons (Fsp3) is 0.500. The van der Waals surface area contributed by atoms with Gasteiger partial charge in [0.05, 0.1) is 13.0 Å². The van der Waals surface area contributed by atoms with Crippen molar-refractivity contribution in [1.82, 2.24) is 4.90 Å². The summed E-state index contributed by atoms with van der Waals surface area (Å²) in [6.45, 7) is 2.59. The van der Waals surface area contributed by atoms with Crippen molar-refractivity contribution < 1.29 is 18.7 Å². The molecule has 1 amide bonds. The summed E-state index contributed by atoms with van der Waals surface area (Å²) in [6, 6.07) is 3.79. The van der Waals surface area contributed by atoms with Crippen LogP contribution < -0.4 is 0 Å². The third-order valence-electron chi connectivity index (χ3n) is 2.88. The monoisotopic (exact) mass is 271 g/mol. The van der Waals surface area contributed by atoms with E-state index in [9.17, 15) is 13.6 Å². The van der Waals surface area contributed by atoms with Crippen molar-refractivity contribution in [3.05, 3.63) is 35.4 Å². The van der Waals surface area contributed by atoms with Gasteiger partial charge in [-0.3, -0.25) is 4.79 Å². The minimum atomic E-state index is -0.977. The number of benzene rings is 1. The number of aliphatic hydroxyl groups is 1. The maximum Gasteiger partial charge on any atom is 0.227 e. The maximum atomic E-state index is 13.5. The number of carbonyl (C=O) groups is 1. The van der Waals surface area contributed by atoms with Gasteiger partial charge >= 0.3 is 0 Å². The Bertz CT molecular complexity index is 424. The van der Waals surface area contributed by atoms with E-state index < -0.39 is 11.6 Å². The van der Waals surface area contributed by atoms with Crippen molar-refractivity contribution in [2.24, 2.45) is 0 Å². The molecule has 0 atom stereocenters. The van der Waals surface area contributed by atoms with Gasteiger partial charge in [0.1, 0.15) is 0 Å². The fourth-order valence-corrected chi connectivity index (χ4v) is 1.79. The Morgan fingerprint density at radius 1 is 1.32 bits per heavy atom. The van der Waals surface area contributed by atoms with Gasteiger partial charge in [0, 0.05) is 18.7 Å². The zero-order chi connectivity index (χ0) is 14.3. The molecule has 1 aromatic rings. The number of aliphatic hydroxyl groups excluding tert-OH is 1. The van der Waals surface area contributed by atoms with Crippen LogP contribution in [0.15, 0.2) is 18.2 Å². The van der Waals surface area contributed by atoms with Gasteiger partial charge in [-0.25, -0.2) is 8.78 Å². The number of nitrogens with zero attached hydrogens (tertiary/aromatic N) is 1. The minimum Gasteiger partial charge on any atom is -0.395 e. The predicted octanol–water partition coefficient (Wildman–Crippen LogP) is 2.13. The van der Waals surface area contributed by atoms with E-state index in [0.29, 0.717) is 6.54 Å². The zero-order valence-corrected chi connectivity index (χ0v) is 11.0. The molecule has 19 heavy (non-hydrogen) atoms. The van der Waals surface area contributed by atoms with Crippen LogP contribution in [0.3, 0.4) is 0 Å². The highest BCUT2D eigenvalue weighted by Crippen LogP contribution is 2.13. The van der Waals surface area contributed by atoms with E-state index in [2.05, 4.69) is 0 Å². The molecule has 0 saturated carbocycles. The largest absolute Gasteiger partial charge is 0.395 e. The maximum absolute atomic E-state index is 13.5. The Morgan fingerprint density at radius 2 is 2.05 bits per heavy atom. The number of halogens is 2. The number of amides is 1. The molecule has 0 saturated heterocycles. The number of hydrogen-bond donors (Lipinski definition) is 1. The molecule has 0 unspecified atom stereocenters. The Balaban J connectivity index is 2.72. The van der Waals surface area contributed by atoms with E-state index in [1.807, 2.05) is 6.92 Å². The molecule has 0 aliphatic carbocycles. The van der Waals surface area contributed by atoms with Crippen LogP contribution in [0.5, 0.6) is 0 Å². The second-order valence-electron chi connectivity index (χ2n) is 4.35. The summed E-state index contributed by atoms with van der Waals surface area (Å²) in [6.07, 6.45) is 1.55. The molecule has 0 radical (unpaired) electrons. The summed E-state index contributed by atoms with van der Waals surface area (Å²) in [5, 5.41) is 8.92. The van der Waals surface area contributed by atoms with E-state index in [-0.39, 0.29) is 31.0 Å². The van der Waals surface area contributed by atoms with Crippen LogP contribution in [0.2, 0.25) is 0 Å². The van der Waals surface area contributed by atoms with Crippen LogP contribution in [0, 0.1) is 11.6 Å². The first kappa shape index (κ1) is 15.6. The first-order valence-electron chi connectivity index (χ1n) is 6.41. The molecule has 5 heteroatoms. The minimum absolute atomic E-state index is 0.0458. The van der Waals surface area contributed by atoms with E-state index in [4.69, 9.17) is 5.11 Å². The van der Waals surface area contributed by atoms with E-state index in [1.54, 1.807) is 0 Å². The van der Waals surface area contributed by atoms with Crippen LogP contribution >= 0.6 is 0 Å². The second kappa shape index (κ2) is 7.84. The van der Waals surface area contributed by atoms with Crippen molar-refractivity contribution in [2.45, 2.75) is 26.2 Å². The van der Waals surface area contributed by atoms with Crippen molar-refractivity contribution in [2.75, 3.05) is 19.7 Å². The standard InChI is InChI=1S/C14H19F2NO2/c1-2-3-7-17(8-9-18)13(19)10-11-5-4-6-12(15)14(11)16/h4-6,18H,2-3,7-10H2,1H3. The highest BCUT2D eigenvalue weighted by atomic mass is 19.2. The molecule has 106 valence electrons. The van der Waals surface area contributed by atoms with Gasteiger partial charge in [-0.2, -0.15) is 0 Å². The van der Waals surface area contributed by atoms with Crippen molar-refractivity contribution >= 4 is 5.91 Å². The average molecular weight is 271 g/mol. The molecule has 0 aliphatic heterocycles. The van der Waals surface area contributed by atoms with Crippen molar-refractivity contribution in [1.29, 1.82) is 0 Å². The first-order chi connectivity index (χ1) is 9.10. The Labute approximate surface area is 111 Å². The predicted molar refractivity (Wildman–Crippen MR) is 68.6 cm³/mol. The molecular formula is C14H19F2NO2. The summed E-state index contributed by atoms with van der Waals surface area (Å²) in [5.74, 6) is -2.23. The average Bonchev–Trinajstić information content (AvgIpc) is 2.39. The van der Waals surface area contributed by atoms with Gasteiger partial charge in [0.25, 0.3) is 0 Å². The van der Waals surface area contributed by atoms with E-state index in [0.717, 1.165) is 18.9 Å². The molecule has 1 aromatic carbocycles. The number of hydrogen-bond acceptors (Lipinski definition) is 2. The molecule has 0 fully saturated rings. The lowest BCUT2D eigenvalue weighted by molar-refractivity contribution is -0.131. The molecule has 1 N–H and O–H groups in total. The molecular weight excluding hydrogens is 252 g/mol. The fourth-order valence-electron chi connectivity index (χ4n) is 1.79. The van der Waals surface area contributed by atoms with Crippen LogP contribution in [0.25, 0.3) is 0 Å². The molecule has 0 bridgehead atoms. The van der Waals surface area contributed by atoms with Crippen molar-refractivity contribution in [3.63, 3.8) is 0 Å². The summed E-state index contributed by atoms with van der Waals surface area (Å²) >= 11 is 0. The quantitative estimate of drug-likeness (QED) is 0.825. The lowest BCUT2D eigenvalue weighted by Gasteiger charge is -2.21. The van der Waals surface area contributed by atoms with Gasteiger partial charge < -0.3 is 10.0 Å². The van der Waals surface area contributed by atoms with Crippen LogP contribution in [0.1, 0.15) is 25.3 Å². The van der Waals surface area contributed by atoms with Gasteiger partial charge in [0.2, 0.25) is 5.91 Å². The lowest BCUT2D eigenvalue weighted by Crippen LogP contribution is -2.35. The first-order valence-corrected chi connectivity index (χ1v) is 6.41. The van der Waals surface area contributed by atoms with Crippen LogP contribution in [-0.4, -0.2) is 35.6 Å². The summed E-state index contributed by atoms with van der Waals surface area (Å²) in [7, 11) is 0. The Hall–Kier alpha value is -1.49. The zero-order valence-electron chi connectivity index (χ0n) is 11.0. The van der Waals surface area contributed by atoms with Crippen LogP contribution in [0.4, 0.5) is 8.78 Å². The van der Waals surface area contributed by atoms with E-state index in [1.165, 1.54) is 17.0 Å². The number of carbonyl (C=O) groups excluding carboxylic acids is 1. The normalized spacial score (nSPS) is 10.5. The Morgan fingerprint density at radius 3 is 2.68 bits per heavy atom. The number of unbranched alkanes of at least 4 members (excludes halogenated alkanes) is 1. The second-order valence-corrected chi connectivity index (χ2v) is 4.35. The number of rotatable bonds is 7. The molecule has 0 aromatic heterocycles. The molecule has 0 aliphatic rings. The summed E-state index contributed by atoms with van der Waals surface area (Å²) in [5.41, 5.74) is 0.0458. The van der Waals surface area contributed by atoms with Gasteiger partial charge in [-0.1, -0.05) is 25.5 Å². The smallest absolute Gasteiger partial charge is 0.227 e. The SMILES string of the molecule is CCCCN(CCO)C(=O)Cc1cccc(F)c1F.